The van der Waals surface area contributed by atoms with E-state index in [-0.39, 0.29) is 5.91 Å². The van der Waals surface area contributed by atoms with Crippen LogP contribution < -0.4 is 10.1 Å². The zero-order chi connectivity index (χ0) is 20.8. The first-order valence-electron chi connectivity index (χ1n) is 9.86. The monoisotopic (exact) mass is 400 g/mol. The van der Waals surface area contributed by atoms with Crippen LogP contribution in [0.3, 0.4) is 0 Å². The van der Waals surface area contributed by atoms with Gasteiger partial charge >= 0.3 is 0 Å². The van der Waals surface area contributed by atoms with Crippen LogP contribution in [-0.2, 0) is 24.5 Å². The third-order valence-electron chi connectivity index (χ3n) is 5.00. The molecular formula is C25H24N2O3. The third-order valence-corrected chi connectivity index (χ3v) is 5.00. The first-order valence-corrected chi connectivity index (χ1v) is 9.86. The van der Waals surface area contributed by atoms with Crippen LogP contribution in [-0.4, -0.2) is 18.0 Å². The number of ether oxygens (including phenoxy) is 2. The number of carbonyl (C=O) groups is 1. The van der Waals surface area contributed by atoms with Gasteiger partial charge in [0.1, 0.15) is 11.4 Å². The number of amides is 1. The molecule has 30 heavy (non-hydrogen) atoms. The number of hydrogen-bond acceptors (Lipinski definition) is 3. The zero-order valence-electron chi connectivity index (χ0n) is 16.9. The van der Waals surface area contributed by atoms with Gasteiger partial charge in [0.25, 0.3) is 5.91 Å². The molecule has 5 nitrogen and oxygen atoms in total. The Morgan fingerprint density at radius 2 is 1.67 bits per heavy atom. The van der Waals surface area contributed by atoms with E-state index in [0.717, 1.165) is 33.3 Å². The van der Waals surface area contributed by atoms with Crippen molar-refractivity contribution >= 4 is 16.8 Å². The van der Waals surface area contributed by atoms with Gasteiger partial charge < -0.3 is 19.8 Å². The maximum atomic E-state index is 12.6. The van der Waals surface area contributed by atoms with Crippen LogP contribution in [0.5, 0.6) is 5.75 Å². The molecule has 0 unspecified atom stereocenters. The number of benzene rings is 3. The predicted octanol–water partition coefficient (Wildman–Crippen LogP) is 4.82. The van der Waals surface area contributed by atoms with Crippen LogP contribution in [0.2, 0.25) is 0 Å². The van der Waals surface area contributed by atoms with E-state index in [1.54, 1.807) is 7.11 Å². The Morgan fingerprint density at radius 3 is 2.47 bits per heavy atom. The van der Waals surface area contributed by atoms with Gasteiger partial charge in [-0.25, -0.2) is 0 Å². The van der Waals surface area contributed by atoms with Crippen LogP contribution in [0, 0.1) is 0 Å². The summed E-state index contributed by atoms with van der Waals surface area (Å²) in [5.41, 5.74) is 4.64. The fourth-order valence-corrected chi connectivity index (χ4v) is 3.35. The standard InChI is InChI=1S/C25H24N2O3/c1-29-22-12-11-19-13-24(27-23(19)14-22)25(28)26-15-20-9-5-6-10-21(20)17-30-16-18-7-3-2-4-8-18/h2-14,27H,15-17H2,1H3,(H,26,28). The summed E-state index contributed by atoms with van der Waals surface area (Å²) < 4.78 is 11.1. The number of hydrogen-bond donors (Lipinski definition) is 2. The van der Waals surface area contributed by atoms with Crippen LogP contribution in [0.15, 0.2) is 78.9 Å². The fraction of sp³-hybridized carbons (Fsp3) is 0.160. The second-order valence-electron chi connectivity index (χ2n) is 7.07. The largest absolute Gasteiger partial charge is 0.497 e. The number of carbonyl (C=O) groups excluding carboxylic acids is 1. The Morgan fingerprint density at radius 1 is 0.900 bits per heavy atom. The lowest BCUT2D eigenvalue weighted by Gasteiger charge is -2.11. The molecule has 0 aliphatic carbocycles. The molecule has 0 atom stereocenters. The molecule has 1 heterocycles. The molecule has 4 aromatic rings. The van der Waals surface area contributed by atoms with E-state index < -0.39 is 0 Å². The third kappa shape index (κ3) is 4.70. The SMILES string of the molecule is COc1ccc2cc(C(=O)NCc3ccccc3COCc3ccccc3)[nH]c2c1. The normalized spacial score (nSPS) is 10.8. The molecule has 2 N–H and O–H groups in total. The quantitative estimate of drug-likeness (QED) is 0.446. The van der Waals surface area contributed by atoms with Gasteiger partial charge in [0, 0.05) is 23.5 Å². The van der Waals surface area contributed by atoms with Crippen molar-refractivity contribution < 1.29 is 14.3 Å². The molecule has 3 aromatic carbocycles. The van der Waals surface area contributed by atoms with Crippen molar-refractivity contribution in [3.8, 4) is 5.75 Å². The second-order valence-corrected chi connectivity index (χ2v) is 7.07. The highest BCUT2D eigenvalue weighted by molar-refractivity contribution is 5.98. The van der Waals surface area contributed by atoms with Gasteiger partial charge in [0.15, 0.2) is 0 Å². The molecule has 4 rings (SSSR count). The van der Waals surface area contributed by atoms with Crippen LogP contribution in [0.4, 0.5) is 0 Å². The van der Waals surface area contributed by atoms with Gasteiger partial charge in [-0.2, -0.15) is 0 Å². The summed E-state index contributed by atoms with van der Waals surface area (Å²) in [6.45, 7) is 1.48. The molecule has 0 aliphatic rings. The van der Waals surface area contributed by atoms with Gasteiger partial charge in [0.2, 0.25) is 0 Å². The van der Waals surface area contributed by atoms with E-state index >= 15 is 0 Å². The van der Waals surface area contributed by atoms with Gasteiger partial charge in [-0.1, -0.05) is 54.6 Å². The number of nitrogens with one attached hydrogen (secondary N) is 2. The number of H-pyrrole nitrogens is 1. The number of aromatic nitrogens is 1. The molecular weight excluding hydrogens is 376 g/mol. The number of methoxy groups -OCH3 is 1. The lowest BCUT2D eigenvalue weighted by atomic mass is 10.1. The summed E-state index contributed by atoms with van der Waals surface area (Å²) in [5.74, 6) is 0.603. The zero-order valence-corrected chi connectivity index (χ0v) is 16.9. The first-order chi connectivity index (χ1) is 14.7. The van der Waals surface area contributed by atoms with Crippen molar-refractivity contribution in [2.75, 3.05) is 7.11 Å². The molecule has 0 saturated carbocycles. The summed E-state index contributed by atoms with van der Waals surface area (Å²) in [5, 5.41) is 3.96. The summed E-state index contributed by atoms with van der Waals surface area (Å²) in [4.78, 5) is 15.8. The van der Waals surface area contributed by atoms with Crippen LogP contribution >= 0.6 is 0 Å². The Kier molecular flexibility index (Phi) is 6.11. The Hall–Kier alpha value is -3.57. The van der Waals surface area contributed by atoms with Crippen molar-refractivity contribution in [1.29, 1.82) is 0 Å². The fourth-order valence-electron chi connectivity index (χ4n) is 3.35. The van der Waals surface area contributed by atoms with E-state index in [2.05, 4.69) is 10.3 Å². The van der Waals surface area contributed by atoms with E-state index in [1.807, 2.05) is 78.9 Å². The maximum Gasteiger partial charge on any atom is 0.267 e. The van der Waals surface area contributed by atoms with E-state index in [1.165, 1.54) is 0 Å². The van der Waals surface area contributed by atoms with Crippen molar-refractivity contribution in [3.63, 3.8) is 0 Å². The van der Waals surface area contributed by atoms with Crippen molar-refractivity contribution in [2.45, 2.75) is 19.8 Å². The molecule has 0 fully saturated rings. The summed E-state index contributed by atoms with van der Waals surface area (Å²) >= 11 is 0. The number of rotatable bonds is 8. The van der Waals surface area contributed by atoms with Crippen LogP contribution in [0.1, 0.15) is 27.2 Å². The molecule has 0 bridgehead atoms. The topological polar surface area (TPSA) is 63.4 Å². The lowest BCUT2D eigenvalue weighted by Crippen LogP contribution is -2.23. The lowest BCUT2D eigenvalue weighted by molar-refractivity contribution is 0.0943. The molecule has 1 amide bonds. The first kappa shape index (κ1) is 19.7. The van der Waals surface area contributed by atoms with Crippen molar-refractivity contribution in [2.24, 2.45) is 0 Å². The summed E-state index contributed by atoms with van der Waals surface area (Å²) in [6.07, 6.45) is 0. The average Bonchev–Trinajstić information content (AvgIpc) is 3.22. The summed E-state index contributed by atoms with van der Waals surface area (Å²) in [6, 6.07) is 25.6. The predicted molar refractivity (Wildman–Crippen MR) is 117 cm³/mol. The van der Waals surface area contributed by atoms with Gasteiger partial charge in [-0.15, -0.1) is 0 Å². The minimum atomic E-state index is -0.148. The minimum Gasteiger partial charge on any atom is -0.497 e. The second kappa shape index (κ2) is 9.29. The molecule has 0 aliphatic heterocycles. The maximum absolute atomic E-state index is 12.6. The van der Waals surface area contributed by atoms with E-state index in [0.29, 0.717) is 25.5 Å². The minimum absolute atomic E-state index is 0.148. The van der Waals surface area contributed by atoms with Crippen molar-refractivity contribution in [3.05, 3.63) is 101 Å². The van der Waals surface area contributed by atoms with E-state index in [4.69, 9.17) is 9.47 Å². The highest BCUT2D eigenvalue weighted by Crippen LogP contribution is 2.21. The highest BCUT2D eigenvalue weighted by atomic mass is 16.5. The number of aromatic amines is 1. The van der Waals surface area contributed by atoms with Crippen LogP contribution in [0.25, 0.3) is 10.9 Å². The van der Waals surface area contributed by atoms with Crippen molar-refractivity contribution in [1.82, 2.24) is 10.3 Å². The number of fused-ring (bicyclic) bond motifs is 1. The molecule has 0 radical (unpaired) electrons. The smallest absolute Gasteiger partial charge is 0.267 e. The molecule has 0 saturated heterocycles. The molecule has 1 aromatic heterocycles. The average molecular weight is 400 g/mol. The van der Waals surface area contributed by atoms with Gasteiger partial charge in [-0.3, -0.25) is 4.79 Å². The van der Waals surface area contributed by atoms with Gasteiger partial charge in [-0.05, 0) is 34.9 Å². The highest BCUT2D eigenvalue weighted by Gasteiger charge is 2.11. The molecule has 152 valence electrons. The Bertz CT molecular complexity index is 1140. The van der Waals surface area contributed by atoms with Gasteiger partial charge in [0.05, 0.1) is 20.3 Å². The Balaban J connectivity index is 1.38. The Labute approximate surface area is 175 Å². The molecule has 5 heteroatoms. The van der Waals surface area contributed by atoms with E-state index in [9.17, 15) is 4.79 Å². The molecule has 0 spiro atoms. The summed E-state index contributed by atoms with van der Waals surface area (Å²) in [7, 11) is 1.62.